The van der Waals surface area contributed by atoms with Crippen molar-refractivity contribution in [1.29, 1.82) is 0 Å². The Morgan fingerprint density at radius 3 is 2.77 bits per heavy atom. The van der Waals surface area contributed by atoms with E-state index in [9.17, 15) is 4.79 Å². The van der Waals surface area contributed by atoms with Crippen LogP contribution >= 0.6 is 0 Å². The maximum atomic E-state index is 12.0. The number of carbonyl (C=O) groups is 1. The van der Waals surface area contributed by atoms with Crippen LogP contribution in [0, 0.1) is 0 Å². The number of aromatic nitrogens is 4. The van der Waals surface area contributed by atoms with Crippen LogP contribution in [0.5, 0.6) is 5.75 Å². The fourth-order valence-electron chi connectivity index (χ4n) is 3.43. The van der Waals surface area contributed by atoms with Gasteiger partial charge in [0, 0.05) is 32.5 Å². The number of benzene rings is 2. The number of carbonyl (C=O) groups excluding carboxylic acids is 1. The third-order valence-electron chi connectivity index (χ3n) is 4.93. The van der Waals surface area contributed by atoms with Crippen LogP contribution in [-0.2, 0) is 11.3 Å². The van der Waals surface area contributed by atoms with E-state index < -0.39 is 0 Å². The number of hydrogen-bond donors (Lipinski definition) is 2. The van der Waals surface area contributed by atoms with Crippen LogP contribution in [0.2, 0.25) is 0 Å². The molecule has 0 saturated heterocycles. The van der Waals surface area contributed by atoms with E-state index in [1.165, 1.54) is 0 Å². The zero-order chi connectivity index (χ0) is 21.1. The molecule has 0 atom stereocenters. The van der Waals surface area contributed by atoms with Crippen molar-refractivity contribution in [2.45, 2.75) is 6.54 Å². The third-order valence-corrected chi connectivity index (χ3v) is 4.93. The fraction of sp³-hybridized carbons (Fsp3) is 0.227. The molecule has 4 aromatic rings. The SMILES string of the molecule is CNC(=O)c1ccc2c(c1)nc(-c1c[nH]c(-c3ccccc3OC)n1)n2CCOC. The molecule has 8 nitrogen and oxygen atoms in total. The van der Waals surface area contributed by atoms with Crippen LogP contribution in [0.1, 0.15) is 10.4 Å². The van der Waals surface area contributed by atoms with Gasteiger partial charge in [-0.2, -0.15) is 0 Å². The van der Waals surface area contributed by atoms with E-state index >= 15 is 0 Å². The maximum Gasteiger partial charge on any atom is 0.251 e. The van der Waals surface area contributed by atoms with Gasteiger partial charge in [-0.05, 0) is 30.3 Å². The van der Waals surface area contributed by atoms with E-state index in [1.807, 2.05) is 36.5 Å². The molecule has 0 spiro atoms. The van der Waals surface area contributed by atoms with E-state index in [1.54, 1.807) is 33.4 Å². The Morgan fingerprint density at radius 1 is 1.17 bits per heavy atom. The number of H-pyrrole nitrogens is 1. The fourth-order valence-corrected chi connectivity index (χ4v) is 3.43. The normalized spacial score (nSPS) is 11.0. The molecule has 0 radical (unpaired) electrons. The zero-order valence-electron chi connectivity index (χ0n) is 17.1. The maximum absolute atomic E-state index is 12.0. The average Bonchev–Trinajstić information content (AvgIpc) is 3.41. The highest BCUT2D eigenvalue weighted by Gasteiger charge is 2.18. The number of hydrogen-bond acceptors (Lipinski definition) is 5. The van der Waals surface area contributed by atoms with Crippen LogP contribution in [0.4, 0.5) is 0 Å². The molecule has 8 heteroatoms. The average molecular weight is 405 g/mol. The lowest BCUT2D eigenvalue weighted by atomic mass is 10.2. The molecule has 2 aromatic heterocycles. The molecule has 0 bridgehead atoms. The molecular weight excluding hydrogens is 382 g/mol. The van der Waals surface area contributed by atoms with Gasteiger partial charge in [0.05, 0.1) is 30.3 Å². The van der Waals surface area contributed by atoms with Crippen LogP contribution < -0.4 is 10.1 Å². The minimum absolute atomic E-state index is 0.150. The first-order valence-electron chi connectivity index (χ1n) is 9.56. The Hall–Kier alpha value is -3.65. The van der Waals surface area contributed by atoms with Gasteiger partial charge in [0.25, 0.3) is 5.91 Å². The molecule has 30 heavy (non-hydrogen) atoms. The quantitative estimate of drug-likeness (QED) is 0.493. The lowest BCUT2D eigenvalue weighted by molar-refractivity contribution is 0.0963. The highest BCUT2D eigenvalue weighted by atomic mass is 16.5. The van der Waals surface area contributed by atoms with E-state index in [0.717, 1.165) is 22.3 Å². The highest BCUT2D eigenvalue weighted by molar-refractivity contribution is 5.97. The lowest BCUT2D eigenvalue weighted by Gasteiger charge is -2.07. The number of imidazole rings is 2. The molecule has 4 rings (SSSR count). The van der Waals surface area contributed by atoms with Crippen molar-refractivity contribution in [2.75, 3.05) is 27.9 Å². The number of aromatic amines is 1. The topological polar surface area (TPSA) is 94.1 Å². The highest BCUT2D eigenvalue weighted by Crippen LogP contribution is 2.30. The summed E-state index contributed by atoms with van der Waals surface area (Å²) in [5.41, 5.74) is 3.77. The van der Waals surface area contributed by atoms with Gasteiger partial charge in [-0.3, -0.25) is 4.79 Å². The molecule has 2 N–H and O–H groups in total. The Morgan fingerprint density at radius 2 is 2.00 bits per heavy atom. The van der Waals surface area contributed by atoms with E-state index in [0.29, 0.717) is 36.1 Å². The molecule has 0 fully saturated rings. The summed E-state index contributed by atoms with van der Waals surface area (Å²) < 4.78 is 12.8. The summed E-state index contributed by atoms with van der Waals surface area (Å²) in [4.78, 5) is 24.8. The summed E-state index contributed by atoms with van der Waals surface area (Å²) >= 11 is 0. The van der Waals surface area contributed by atoms with E-state index in [4.69, 9.17) is 19.4 Å². The van der Waals surface area contributed by atoms with Gasteiger partial charge in [-0.15, -0.1) is 0 Å². The van der Waals surface area contributed by atoms with Crippen molar-refractivity contribution in [2.24, 2.45) is 0 Å². The standard InChI is InChI=1S/C22H23N5O3/c1-23-22(28)14-8-9-18-16(12-14)26-21(27(18)10-11-29-2)17-13-24-20(25-17)15-6-4-5-7-19(15)30-3/h4-9,12-13H,10-11H2,1-3H3,(H,23,28)(H,24,25). The van der Waals surface area contributed by atoms with Crippen molar-refractivity contribution in [3.63, 3.8) is 0 Å². The Bertz CT molecular complexity index is 1190. The van der Waals surface area contributed by atoms with Crippen molar-refractivity contribution < 1.29 is 14.3 Å². The molecule has 0 unspecified atom stereocenters. The summed E-state index contributed by atoms with van der Waals surface area (Å²) in [6.07, 6.45) is 1.83. The van der Waals surface area contributed by atoms with Gasteiger partial charge < -0.3 is 24.3 Å². The summed E-state index contributed by atoms with van der Waals surface area (Å²) in [5.74, 6) is 1.98. The monoisotopic (exact) mass is 405 g/mol. The Kier molecular flexibility index (Phi) is 5.49. The summed E-state index contributed by atoms with van der Waals surface area (Å²) in [6.45, 7) is 1.14. The molecule has 0 aliphatic heterocycles. The van der Waals surface area contributed by atoms with Gasteiger partial charge in [0.15, 0.2) is 5.82 Å². The number of methoxy groups -OCH3 is 2. The van der Waals surface area contributed by atoms with Crippen molar-refractivity contribution >= 4 is 16.9 Å². The second-order valence-electron chi connectivity index (χ2n) is 6.70. The van der Waals surface area contributed by atoms with Gasteiger partial charge in [0.1, 0.15) is 17.3 Å². The minimum Gasteiger partial charge on any atom is -0.496 e. The van der Waals surface area contributed by atoms with Crippen molar-refractivity contribution in [3.05, 3.63) is 54.2 Å². The number of ether oxygens (including phenoxy) is 2. The second-order valence-corrected chi connectivity index (χ2v) is 6.70. The van der Waals surface area contributed by atoms with E-state index in [-0.39, 0.29) is 5.91 Å². The number of para-hydroxylation sites is 1. The Labute approximate surface area is 173 Å². The molecule has 0 aliphatic carbocycles. The van der Waals surface area contributed by atoms with Gasteiger partial charge in [-0.25, -0.2) is 9.97 Å². The number of amides is 1. The molecule has 1 amide bonds. The second kappa shape index (κ2) is 8.38. The first-order valence-corrected chi connectivity index (χ1v) is 9.56. The minimum atomic E-state index is -0.150. The molecule has 154 valence electrons. The molecular formula is C22H23N5O3. The number of nitrogens with zero attached hydrogens (tertiary/aromatic N) is 3. The number of fused-ring (bicyclic) bond motifs is 1. The first kappa shape index (κ1) is 19.7. The summed E-state index contributed by atoms with van der Waals surface area (Å²) in [6, 6.07) is 13.2. The zero-order valence-corrected chi connectivity index (χ0v) is 17.1. The van der Waals surface area contributed by atoms with Gasteiger partial charge >= 0.3 is 0 Å². The van der Waals surface area contributed by atoms with Crippen molar-refractivity contribution in [1.82, 2.24) is 24.8 Å². The largest absolute Gasteiger partial charge is 0.496 e. The van der Waals surface area contributed by atoms with Crippen molar-refractivity contribution in [3.8, 4) is 28.7 Å². The predicted octanol–water partition coefficient (Wildman–Crippen LogP) is 3.11. The number of nitrogens with one attached hydrogen (secondary N) is 2. The predicted molar refractivity (Wildman–Crippen MR) is 115 cm³/mol. The van der Waals surface area contributed by atoms with Gasteiger partial charge in [-0.1, -0.05) is 12.1 Å². The molecule has 2 heterocycles. The molecule has 0 saturated carbocycles. The van der Waals surface area contributed by atoms with Crippen LogP contribution in [0.25, 0.3) is 33.9 Å². The van der Waals surface area contributed by atoms with Crippen LogP contribution in [0.3, 0.4) is 0 Å². The van der Waals surface area contributed by atoms with Crippen LogP contribution in [0.15, 0.2) is 48.7 Å². The van der Waals surface area contributed by atoms with Crippen LogP contribution in [-0.4, -0.2) is 53.3 Å². The number of rotatable bonds is 7. The van der Waals surface area contributed by atoms with E-state index in [2.05, 4.69) is 14.9 Å². The lowest BCUT2D eigenvalue weighted by Crippen LogP contribution is -2.17. The molecule has 0 aliphatic rings. The van der Waals surface area contributed by atoms with Gasteiger partial charge in [0.2, 0.25) is 0 Å². The first-order chi connectivity index (χ1) is 14.7. The third kappa shape index (κ3) is 3.53. The summed E-state index contributed by atoms with van der Waals surface area (Å²) in [5, 5.41) is 2.64. The molecule has 2 aromatic carbocycles. The summed E-state index contributed by atoms with van der Waals surface area (Å²) in [7, 11) is 4.91. The Balaban J connectivity index is 1.81. The smallest absolute Gasteiger partial charge is 0.251 e.